The van der Waals surface area contributed by atoms with Gasteiger partial charge in [0.05, 0.1) is 11.5 Å². The van der Waals surface area contributed by atoms with E-state index in [1.807, 2.05) is 0 Å². The van der Waals surface area contributed by atoms with Crippen LogP contribution in [0.15, 0.2) is 12.4 Å². The number of sulfone groups is 1. The van der Waals surface area contributed by atoms with Gasteiger partial charge in [0.2, 0.25) is 0 Å². The van der Waals surface area contributed by atoms with Crippen molar-refractivity contribution in [1.29, 1.82) is 0 Å². The summed E-state index contributed by atoms with van der Waals surface area (Å²) in [4.78, 5) is 32.9. The highest BCUT2D eigenvalue weighted by molar-refractivity contribution is 7.91. The van der Waals surface area contributed by atoms with E-state index in [0.29, 0.717) is 13.0 Å². The summed E-state index contributed by atoms with van der Waals surface area (Å²) in [5.74, 6) is -1.38. The van der Waals surface area contributed by atoms with Crippen molar-refractivity contribution >= 4 is 27.5 Å². The van der Waals surface area contributed by atoms with Gasteiger partial charge in [-0.25, -0.2) is 23.2 Å². The third kappa shape index (κ3) is 4.15. The molecule has 126 valence electrons. The van der Waals surface area contributed by atoms with Crippen LogP contribution < -0.4 is 5.73 Å². The van der Waals surface area contributed by atoms with E-state index >= 15 is 0 Å². The van der Waals surface area contributed by atoms with Gasteiger partial charge in [-0.05, 0) is 13.3 Å². The second-order valence-corrected chi connectivity index (χ2v) is 7.33. The number of likely N-dealkylation sites (N-methyl/N-ethyl adjacent to an activating group) is 1. The molecule has 2 N–H and O–H groups in total. The second kappa shape index (κ2) is 6.90. The minimum atomic E-state index is -3.10. The molecule has 0 bridgehead atoms. The molecule has 0 saturated carbocycles. The van der Waals surface area contributed by atoms with E-state index in [4.69, 9.17) is 10.5 Å². The zero-order chi connectivity index (χ0) is 17.0. The Morgan fingerprint density at radius 3 is 2.65 bits per heavy atom. The van der Waals surface area contributed by atoms with Crippen LogP contribution in [0.3, 0.4) is 0 Å². The van der Waals surface area contributed by atoms with Crippen LogP contribution in [0.5, 0.6) is 0 Å². The second-order valence-electron chi connectivity index (χ2n) is 5.10. The summed E-state index contributed by atoms with van der Waals surface area (Å²) in [6, 6.07) is -0.377. The SMILES string of the molecule is CCN(C(=O)COC(=O)c1nccnc1N)[C@H]1CCS(=O)(=O)C1. The number of rotatable bonds is 5. The van der Waals surface area contributed by atoms with Crippen molar-refractivity contribution in [2.24, 2.45) is 0 Å². The maximum absolute atomic E-state index is 12.2. The number of hydrogen-bond donors (Lipinski definition) is 1. The van der Waals surface area contributed by atoms with Gasteiger partial charge in [0.1, 0.15) is 0 Å². The van der Waals surface area contributed by atoms with Crippen molar-refractivity contribution in [3.63, 3.8) is 0 Å². The summed E-state index contributed by atoms with van der Waals surface area (Å²) < 4.78 is 27.9. The molecule has 0 aliphatic carbocycles. The van der Waals surface area contributed by atoms with Crippen LogP contribution in [-0.4, -0.2) is 65.9 Å². The zero-order valence-electron chi connectivity index (χ0n) is 12.6. The molecule has 1 fully saturated rings. The summed E-state index contributed by atoms with van der Waals surface area (Å²) in [5, 5.41) is 0. The van der Waals surface area contributed by atoms with Gasteiger partial charge >= 0.3 is 5.97 Å². The summed E-state index contributed by atoms with van der Waals surface area (Å²) >= 11 is 0. The van der Waals surface area contributed by atoms with Gasteiger partial charge in [-0.3, -0.25) is 4.79 Å². The molecule has 1 aromatic rings. The van der Waals surface area contributed by atoms with Gasteiger partial charge in [0, 0.05) is 25.0 Å². The highest BCUT2D eigenvalue weighted by atomic mass is 32.2. The lowest BCUT2D eigenvalue weighted by Gasteiger charge is -2.26. The van der Waals surface area contributed by atoms with Crippen LogP contribution in [0, 0.1) is 0 Å². The van der Waals surface area contributed by atoms with Crippen molar-refractivity contribution in [1.82, 2.24) is 14.9 Å². The van der Waals surface area contributed by atoms with Crippen LogP contribution in [-0.2, 0) is 19.4 Å². The fraction of sp³-hybridized carbons (Fsp3) is 0.538. The average Bonchev–Trinajstić information content (AvgIpc) is 2.86. The molecule has 1 amide bonds. The maximum atomic E-state index is 12.2. The average molecular weight is 342 g/mol. The molecule has 10 heteroatoms. The number of amides is 1. The van der Waals surface area contributed by atoms with E-state index in [9.17, 15) is 18.0 Å². The molecule has 2 heterocycles. The summed E-state index contributed by atoms with van der Waals surface area (Å²) in [6.07, 6.45) is 3.01. The smallest absolute Gasteiger partial charge is 0.361 e. The van der Waals surface area contributed by atoms with E-state index in [2.05, 4.69) is 9.97 Å². The number of ether oxygens (including phenoxy) is 1. The number of carbonyl (C=O) groups is 2. The Hall–Kier alpha value is -2.23. The van der Waals surface area contributed by atoms with Crippen LogP contribution >= 0.6 is 0 Å². The van der Waals surface area contributed by atoms with Gasteiger partial charge in [0.25, 0.3) is 5.91 Å². The van der Waals surface area contributed by atoms with Crippen molar-refractivity contribution in [3.8, 4) is 0 Å². The number of carbonyl (C=O) groups excluding carboxylic acids is 2. The first kappa shape index (κ1) is 17.1. The molecule has 1 atom stereocenters. The quantitative estimate of drug-likeness (QED) is 0.691. The molecule has 0 spiro atoms. The molecule has 0 aromatic carbocycles. The Morgan fingerprint density at radius 2 is 2.09 bits per heavy atom. The first-order chi connectivity index (χ1) is 10.8. The van der Waals surface area contributed by atoms with Crippen LogP contribution in [0.1, 0.15) is 23.8 Å². The van der Waals surface area contributed by atoms with E-state index in [-0.39, 0.29) is 29.1 Å². The molecule has 1 saturated heterocycles. The lowest BCUT2D eigenvalue weighted by atomic mass is 10.2. The molecular weight excluding hydrogens is 324 g/mol. The summed E-state index contributed by atoms with van der Waals surface area (Å²) in [5.41, 5.74) is 5.35. The molecule has 0 radical (unpaired) electrons. The molecule has 1 aliphatic rings. The Kier molecular flexibility index (Phi) is 5.14. The Bertz CT molecular complexity index is 706. The van der Waals surface area contributed by atoms with Crippen LogP contribution in [0.25, 0.3) is 0 Å². The zero-order valence-corrected chi connectivity index (χ0v) is 13.5. The van der Waals surface area contributed by atoms with Crippen molar-refractivity contribution in [3.05, 3.63) is 18.1 Å². The number of nitrogen functional groups attached to an aromatic ring is 1. The van der Waals surface area contributed by atoms with Crippen molar-refractivity contribution in [2.75, 3.05) is 30.4 Å². The van der Waals surface area contributed by atoms with Crippen LogP contribution in [0.4, 0.5) is 5.82 Å². The number of hydrogen-bond acceptors (Lipinski definition) is 8. The van der Waals surface area contributed by atoms with Gasteiger partial charge in [-0.2, -0.15) is 0 Å². The Morgan fingerprint density at radius 1 is 1.39 bits per heavy atom. The minimum absolute atomic E-state index is 0.0579. The highest BCUT2D eigenvalue weighted by Crippen LogP contribution is 2.18. The van der Waals surface area contributed by atoms with E-state index in [0.717, 1.165) is 0 Å². The number of aromatic nitrogens is 2. The molecule has 1 aliphatic heterocycles. The van der Waals surface area contributed by atoms with E-state index in [1.54, 1.807) is 6.92 Å². The fourth-order valence-electron chi connectivity index (χ4n) is 2.44. The predicted octanol–water partition coefficient (Wildman–Crippen LogP) is -0.749. The lowest BCUT2D eigenvalue weighted by molar-refractivity contribution is -0.136. The Balaban J connectivity index is 1.95. The predicted molar refractivity (Wildman–Crippen MR) is 81.2 cm³/mol. The minimum Gasteiger partial charge on any atom is -0.451 e. The number of nitrogens with zero attached hydrogens (tertiary/aromatic N) is 3. The maximum Gasteiger partial charge on any atom is 0.361 e. The Labute approximate surface area is 133 Å². The largest absolute Gasteiger partial charge is 0.451 e. The highest BCUT2D eigenvalue weighted by Gasteiger charge is 2.34. The number of esters is 1. The first-order valence-corrected chi connectivity index (χ1v) is 8.89. The molecule has 23 heavy (non-hydrogen) atoms. The fourth-order valence-corrected chi connectivity index (χ4v) is 4.17. The summed E-state index contributed by atoms with van der Waals surface area (Å²) in [7, 11) is -3.10. The summed E-state index contributed by atoms with van der Waals surface area (Å²) in [6.45, 7) is 1.58. The standard InChI is InChI=1S/C13H18N4O5S/c1-2-17(9-3-6-23(20,21)8-9)10(18)7-22-13(19)11-12(14)16-5-4-15-11/h4-5,9H,2-3,6-8H2,1H3,(H2,14,16)/t9-/m0/s1. The van der Waals surface area contributed by atoms with E-state index < -0.39 is 28.3 Å². The molecular formula is C13H18N4O5S. The third-order valence-electron chi connectivity index (χ3n) is 3.56. The van der Waals surface area contributed by atoms with Gasteiger partial charge in [-0.1, -0.05) is 0 Å². The lowest BCUT2D eigenvalue weighted by Crippen LogP contribution is -2.43. The first-order valence-electron chi connectivity index (χ1n) is 7.07. The molecule has 2 rings (SSSR count). The molecule has 9 nitrogen and oxygen atoms in total. The van der Waals surface area contributed by atoms with Gasteiger partial charge in [-0.15, -0.1) is 0 Å². The van der Waals surface area contributed by atoms with Gasteiger partial charge in [0.15, 0.2) is 28.0 Å². The topological polar surface area (TPSA) is 133 Å². The van der Waals surface area contributed by atoms with Gasteiger partial charge < -0.3 is 15.4 Å². The third-order valence-corrected chi connectivity index (χ3v) is 5.31. The number of nitrogens with two attached hydrogens (primary N) is 1. The monoisotopic (exact) mass is 342 g/mol. The normalized spacial score (nSPS) is 19.3. The number of anilines is 1. The molecule has 1 aromatic heterocycles. The molecule has 0 unspecified atom stereocenters. The van der Waals surface area contributed by atoms with E-state index in [1.165, 1.54) is 17.3 Å². The van der Waals surface area contributed by atoms with Crippen molar-refractivity contribution < 1.29 is 22.7 Å². The van der Waals surface area contributed by atoms with Crippen LogP contribution in [0.2, 0.25) is 0 Å². The van der Waals surface area contributed by atoms with Crippen molar-refractivity contribution in [2.45, 2.75) is 19.4 Å².